The second-order valence-electron chi connectivity index (χ2n) is 6.37. The fourth-order valence-corrected chi connectivity index (χ4v) is 3.07. The molecule has 1 heterocycles. The highest BCUT2D eigenvalue weighted by Crippen LogP contribution is 2.23. The highest BCUT2D eigenvalue weighted by atomic mass is 16.5. The van der Waals surface area contributed by atoms with Crippen LogP contribution in [0.2, 0.25) is 0 Å². The van der Waals surface area contributed by atoms with E-state index in [-0.39, 0.29) is 5.91 Å². The predicted octanol–water partition coefficient (Wildman–Crippen LogP) is 4.64. The van der Waals surface area contributed by atoms with Gasteiger partial charge >= 0.3 is 0 Å². The zero-order chi connectivity index (χ0) is 18.2. The number of nitrogens with zero attached hydrogens (tertiary/aromatic N) is 1. The van der Waals surface area contributed by atoms with Crippen molar-refractivity contribution in [2.75, 3.05) is 24.3 Å². The summed E-state index contributed by atoms with van der Waals surface area (Å²) < 4.78 is 5.25. The summed E-state index contributed by atoms with van der Waals surface area (Å²) in [6.45, 7) is 0.889. The number of carbonyl (C=O) groups excluding carboxylic acids is 1. The average Bonchev–Trinajstić information content (AvgIpc) is 2.70. The first-order valence-electron chi connectivity index (χ1n) is 9.08. The molecule has 0 saturated heterocycles. The molecule has 1 amide bonds. The molecule has 0 unspecified atom stereocenters. The first kappa shape index (κ1) is 18.0. The van der Waals surface area contributed by atoms with Crippen molar-refractivity contribution in [2.45, 2.75) is 32.1 Å². The molecule has 5 heteroatoms. The summed E-state index contributed by atoms with van der Waals surface area (Å²) in [5, 5.41) is 6.20. The van der Waals surface area contributed by atoms with Gasteiger partial charge in [-0.15, -0.1) is 0 Å². The first-order chi connectivity index (χ1) is 12.8. The van der Waals surface area contributed by atoms with Crippen LogP contribution in [-0.2, 0) is 0 Å². The van der Waals surface area contributed by atoms with Gasteiger partial charge in [0.15, 0.2) is 0 Å². The van der Waals surface area contributed by atoms with E-state index in [1.807, 2.05) is 18.2 Å². The van der Waals surface area contributed by atoms with E-state index in [1.165, 1.54) is 25.7 Å². The van der Waals surface area contributed by atoms with E-state index in [1.54, 1.807) is 37.1 Å². The van der Waals surface area contributed by atoms with Gasteiger partial charge in [-0.2, -0.15) is 0 Å². The third kappa shape index (κ3) is 4.85. The summed E-state index contributed by atoms with van der Waals surface area (Å²) in [5.74, 6) is 0.365. The maximum absolute atomic E-state index is 12.4. The first-order valence-corrected chi connectivity index (χ1v) is 9.08. The lowest BCUT2D eigenvalue weighted by Crippen LogP contribution is -2.14. The van der Waals surface area contributed by atoms with Crippen molar-refractivity contribution in [2.24, 2.45) is 0 Å². The Kier molecular flexibility index (Phi) is 6.25. The molecule has 0 saturated carbocycles. The lowest BCUT2D eigenvalue weighted by molar-refractivity contribution is 0.102. The van der Waals surface area contributed by atoms with Gasteiger partial charge in [0.05, 0.1) is 24.7 Å². The number of allylic oxidation sites excluding steroid dienone is 1. The SMILES string of the molecule is COc1ccccc1NC(=O)c1ccc(NCCC2=CCCCC2)cn1. The molecule has 1 aliphatic carbocycles. The molecule has 0 bridgehead atoms. The van der Waals surface area contributed by atoms with Crippen molar-refractivity contribution in [1.82, 2.24) is 4.98 Å². The van der Waals surface area contributed by atoms with E-state index in [0.717, 1.165) is 18.7 Å². The summed E-state index contributed by atoms with van der Waals surface area (Å²) >= 11 is 0. The monoisotopic (exact) mass is 351 g/mol. The summed E-state index contributed by atoms with van der Waals surface area (Å²) in [7, 11) is 1.58. The largest absolute Gasteiger partial charge is 0.495 e. The van der Waals surface area contributed by atoms with Gasteiger partial charge < -0.3 is 15.4 Å². The fourth-order valence-electron chi connectivity index (χ4n) is 3.07. The number of anilines is 2. The number of aromatic nitrogens is 1. The molecule has 26 heavy (non-hydrogen) atoms. The number of hydrogen-bond donors (Lipinski definition) is 2. The second-order valence-corrected chi connectivity index (χ2v) is 6.37. The van der Waals surface area contributed by atoms with E-state index in [4.69, 9.17) is 4.74 Å². The van der Waals surface area contributed by atoms with Crippen LogP contribution in [-0.4, -0.2) is 24.5 Å². The van der Waals surface area contributed by atoms with Crippen LogP contribution in [0.25, 0.3) is 0 Å². The minimum atomic E-state index is -0.256. The average molecular weight is 351 g/mol. The van der Waals surface area contributed by atoms with Crippen molar-refractivity contribution in [3.05, 3.63) is 59.9 Å². The highest BCUT2D eigenvalue weighted by molar-refractivity contribution is 6.03. The Bertz CT molecular complexity index is 769. The Balaban J connectivity index is 1.53. The van der Waals surface area contributed by atoms with Crippen molar-refractivity contribution in [3.63, 3.8) is 0 Å². The molecule has 1 aliphatic rings. The summed E-state index contributed by atoms with van der Waals surface area (Å²) in [4.78, 5) is 16.6. The van der Waals surface area contributed by atoms with Gasteiger partial charge in [-0.25, -0.2) is 4.98 Å². The van der Waals surface area contributed by atoms with E-state index in [2.05, 4.69) is 21.7 Å². The van der Waals surface area contributed by atoms with E-state index >= 15 is 0 Å². The molecule has 0 spiro atoms. The summed E-state index contributed by atoms with van der Waals surface area (Å²) in [5.41, 5.74) is 3.47. The molecule has 5 nitrogen and oxygen atoms in total. The number of pyridine rings is 1. The normalized spacial score (nSPS) is 13.7. The van der Waals surface area contributed by atoms with E-state index in [9.17, 15) is 4.79 Å². The molecule has 0 fully saturated rings. The molecule has 2 N–H and O–H groups in total. The van der Waals surface area contributed by atoms with Crippen molar-refractivity contribution < 1.29 is 9.53 Å². The predicted molar refractivity (Wildman–Crippen MR) is 105 cm³/mol. The van der Waals surface area contributed by atoms with Gasteiger partial charge in [-0.1, -0.05) is 23.8 Å². The van der Waals surface area contributed by atoms with E-state index in [0.29, 0.717) is 17.1 Å². The van der Waals surface area contributed by atoms with Gasteiger partial charge in [-0.3, -0.25) is 4.79 Å². The lowest BCUT2D eigenvalue weighted by atomic mass is 9.97. The fraction of sp³-hybridized carbons (Fsp3) is 0.333. The zero-order valence-corrected chi connectivity index (χ0v) is 15.1. The smallest absolute Gasteiger partial charge is 0.274 e. The van der Waals surface area contributed by atoms with Crippen molar-refractivity contribution in [1.29, 1.82) is 0 Å². The van der Waals surface area contributed by atoms with Crippen LogP contribution in [0.3, 0.4) is 0 Å². The number of carbonyl (C=O) groups is 1. The number of ether oxygens (including phenoxy) is 1. The Morgan fingerprint density at radius 2 is 2.08 bits per heavy atom. The molecule has 0 radical (unpaired) electrons. The molecular formula is C21H25N3O2. The Morgan fingerprint density at radius 3 is 2.81 bits per heavy atom. The molecule has 3 rings (SSSR count). The minimum Gasteiger partial charge on any atom is -0.495 e. The number of rotatable bonds is 7. The molecule has 0 atom stereocenters. The number of hydrogen-bond acceptors (Lipinski definition) is 4. The molecule has 1 aromatic carbocycles. The summed E-state index contributed by atoms with van der Waals surface area (Å²) in [6, 6.07) is 10.9. The Hall–Kier alpha value is -2.82. The number of amides is 1. The number of benzene rings is 1. The third-order valence-corrected chi connectivity index (χ3v) is 4.51. The van der Waals surface area contributed by atoms with Crippen LogP contribution in [0.5, 0.6) is 5.75 Å². The maximum Gasteiger partial charge on any atom is 0.274 e. The topological polar surface area (TPSA) is 63.2 Å². The zero-order valence-electron chi connectivity index (χ0n) is 15.1. The van der Waals surface area contributed by atoms with Crippen LogP contribution in [0, 0.1) is 0 Å². The third-order valence-electron chi connectivity index (χ3n) is 4.51. The maximum atomic E-state index is 12.4. The molecule has 1 aromatic heterocycles. The molecule has 136 valence electrons. The van der Waals surface area contributed by atoms with Crippen molar-refractivity contribution >= 4 is 17.3 Å². The van der Waals surface area contributed by atoms with Crippen LogP contribution >= 0.6 is 0 Å². The van der Waals surface area contributed by atoms with Gasteiger partial charge in [0.25, 0.3) is 5.91 Å². The Morgan fingerprint density at radius 1 is 1.19 bits per heavy atom. The minimum absolute atomic E-state index is 0.256. The quantitative estimate of drug-likeness (QED) is 0.713. The molecule has 2 aromatic rings. The Labute approximate surface area is 154 Å². The van der Waals surface area contributed by atoms with Gasteiger partial charge in [0, 0.05) is 6.54 Å². The second kappa shape index (κ2) is 9.04. The van der Waals surface area contributed by atoms with E-state index < -0.39 is 0 Å². The van der Waals surface area contributed by atoms with Gasteiger partial charge in [-0.05, 0) is 56.4 Å². The van der Waals surface area contributed by atoms with Gasteiger partial charge in [0.2, 0.25) is 0 Å². The number of para-hydroxylation sites is 2. The van der Waals surface area contributed by atoms with Crippen LogP contribution in [0.15, 0.2) is 54.2 Å². The summed E-state index contributed by atoms with van der Waals surface area (Å²) in [6.07, 6.45) is 10.2. The number of methoxy groups -OCH3 is 1. The number of nitrogens with one attached hydrogen (secondary N) is 2. The van der Waals surface area contributed by atoms with Crippen molar-refractivity contribution in [3.8, 4) is 5.75 Å². The molecule has 0 aliphatic heterocycles. The van der Waals surface area contributed by atoms with Crippen LogP contribution in [0.1, 0.15) is 42.6 Å². The van der Waals surface area contributed by atoms with Crippen LogP contribution < -0.4 is 15.4 Å². The standard InChI is InChI=1S/C21H25N3O2/c1-26-20-10-6-5-9-18(20)24-21(25)19-12-11-17(15-23-19)22-14-13-16-7-3-2-4-8-16/h5-7,9-12,15,22H,2-4,8,13-14H2,1H3,(H,24,25). The lowest BCUT2D eigenvalue weighted by Gasteiger charge is -2.13. The van der Waals surface area contributed by atoms with Gasteiger partial charge in [0.1, 0.15) is 11.4 Å². The van der Waals surface area contributed by atoms with Crippen LogP contribution in [0.4, 0.5) is 11.4 Å². The highest BCUT2D eigenvalue weighted by Gasteiger charge is 2.10. The molecular weight excluding hydrogens is 326 g/mol.